The second-order valence-corrected chi connectivity index (χ2v) is 8.25. The highest BCUT2D eigenvalue weighted by atomic mass is 32.2. The Labute approximate surface area is 127 Å². The van der Waals surface area contributed by atoms with Gasteiger partial charge in [-0.3, -0.25) is 0 Å². The molecule has 0 amide bonds. The minimum Gasteiger partial charge on any atom is -0.478 e. The fraction of sp³-hybridized carbons (Fsp3) is 0.462. The summed E-state index contributed by atoms with van der Waals surface area (Å²) < 4.78 is 40.0. The van der Waals surface area contributed by atoms with Gasteiger partial charge >= 0.3 is 5.97 Å². The molecule has 0 spiro atoms. The van der Waals surface area contributed by atoms with Crippen molar-refractivity contribution in [3.63, 3.8) is 0 Å². The highest BCUT2D eigenvalue weighted by Gasteiger charge is 2.35. The molecule has 1 aromatic rings. The lowest BCUT2D eigenvalue weighted by atomic mass is 10.2. The summed E-state index contributed by atoms with van der Waals surface area (Å²) in [4.78, 5) is 10.8. The topological polar surface area (TPSA) is 74.7 Å². The average Bonchev–Trinajstić information content (AvgIpc) is 2.41. The number of nitrogens with zero attached hydrogens (tertiary/aromatic N) is 1. The third kappa shape index (κ3) is 3.07. The molecular weight excluding hydrogens is 317 g/mol. The molecule has 0 saturated carbocycles. The molecule has 1 fully saturated rings. The molecule has 0 aliphatic carbocycles. The molecule has 1 aromatic carbocycles. The van der Waals surface area contributed by atoms with Gasteiger partial charge in [-0.05, 0) is 25.1 Å². The molecule has 0 aromatic heterocycles. The molecular formula is C13H16FNO4S2. The number of carbonyl (C=O) groups is 1. The quantitative estimate of drug-likeness (QED) is 0.916. The van der Waals surface area contributed by atoms with E-state index in [9.17, 15) is 17.6 Å². The Morgan fingerprint density at radius 1 is 1.43 bits per heavy atom. The van der Waals surface area contributed by atoms with Crippen molar-refractivity contribution in [2.75, 3.05) is 12.3 Å². The molecule has 1 heterocycles. The van der Waals surface area contributed by atoms with Crippen molar-refractivity contribution >= 4 is 27.8 Å². The molecule has 0 bridgehead atoms. The Hall–Kier alpha value is -1.12. The Balaban J connectivity index is 2.44. The molecule has 1 aliphatic rings. The van der Waals surface area contributed by atoms with Gasteiger partial charge in [-0.1, -0.05) is 6.92 Å². The Morgan fingerprint density at radius 2 is 2.10 bits per heavy atom. The zero-order valence-electron chi connectivity index (χ0n) is 11.6. The van der Waals surface area contributed by atoms with E-state index < -0.39 is 27.4 Å². The summed E-state index contributed by atoms with van der Waals surface area (Å²) in [6.07, 6.45) is 0. The lowest BCUT2D eigenvalue weighted by molar-refractivity contribution is 0.0691. The minimum absolute atomic E-state index is 0.146. The van der Waals surface area contributed by atoms with Crippen LogP contribution in [0.25, 0.3) is 0 Å². The zero-order valence-corrected chi connectivity index (χ0v) is 13.2. The molecule has 0 radical (unpaired) electrons. The van der Waals surface area contributed by atoms with E-state index in [1.54, 1.807) is 11.8 Å². The second-order valence-electron chi connectivity index (χ2n) is 4.88. The van der Waals surface area contributed by atoms with Gasteiger partial charge < -0.3 is 5.11 Å². The van der Waals surface area contributed by atoms with Crippen LogP contribution in [0.15, 0.2) is 23.1 Å². The Morgan fingerprint density at radius 3 is 2.71 bits per heavy atom. The molecule has 8 heteroatoms. The van der Waals surface area contributed by atoms with Crippen LogP contribution in [0.2, 0.25) is 0 Å². The van der Waals surface area contributed by atoms with Gasteiger partial charge in [0.15, 0.2) is 0 Å². The molecule has 1 saturated heterocycles. The van der Waals surface area contributed by atoms with Crippen molar-refractivity contribution in [2.24, 2.45) is 0 Å². The largest absolute Gasteiger partial charge is 0.478 e. The summed E-state index contributed by atoms with van der Waals surface area (Å²) in [6, 6.07) is 2.66. The maximum Gasteiger partial charge on any atom is 0.338 e. The molecule has 2 atom stereocenters. The highest BCUT2D eigenvalue weighted by molar-refractivity contribution is 8.00. The third-order valence-electron chi connectivity index (χ3n) is 3.60. The number of thioether (sulfide) groups is 1. The zero-order chi connectivity index (χ0) is 15.8. The fourth-order valence-corrected chi connectivity index (χ4v) is 5.23. The molecule has 116 valence electrons. The number of carboxylic acids is 1. The number of hydrogen-bond donors (Lipinski definition) is 1. The number of halogens is 1. The molecule has 21 heavy (non-hydrogen) atoms. The van der Waals surface area contributed by atoms with Gasteiger partial charge in [0.05, 0.1) is 10.5 Å². The number of benzene rings is 1. The first kappa shape index (κ1) is 16.3. The summed E-state index contributed by atoms with van der Waals surface area (Å²) in [7, 11) is -3.83. The predicted molar refractivity (Wildman–Crippen MR) is 78.6 cm³/mol. The smallest absolute Gasteiger partial charge is 0.338 e. The summed E-state index contributed by atoms with van der Waals surface area (Å²) in [5, 5.41) is 9.05. The highest BCUT2D eigenvalue weighted by Crippen LogP contribution is 2.29. The van der Waals surface area contributed by atoms with Gasteiger partial charge in [0.25, 0.3) is 0 Å². The van der Waals surface area contributed by atoms with E-state index in [0.29, 0.717) is 12.3 Å². The molecule has 1 N–H and O–H groups in total. The van der Waals surface area contributed by atoms with Gasteiger partial charge in [0.2, 0.25) is 10.0 Å². The summed E-state index contributed by atoms with van der Waals surface area (Å²) in [6.45, 7) is 4.12. The lowest BCUT2D eigenvalue weighted by Gasteiger charge is -2.36. The number of rotatable bonds is 3. The number of sulfonamides is 1. The van der Waals surface area contributed by atoms with Crippen molar-refractivity contribution in [3.8, 4) is 0 Å². The molecule has 2 unspecified atom stereocenters. The SMILES string of the molecule is CC1SCCN(S(=O)(=O)c2ccc(F)c(C(=O)O)c2)C1C. The van der Waals surface area contributed by atoms with Crippen LogP contribution < -0.4 is 0 Å². The van der Waals surface area contributed by atoms with Gasteiger partial charge in [-0.2, -0.15) is 16.1 Å². The summed E-state index contributed by atoms with van der Waals surface area (Å²) in [5.74, 6) is -1.75. The second kappa shape index (κ2) is 5.94. The first-order chi connectivity index (χ1) is 9.75. The van der Waals surface area contributed by atoms with Crippen molar-refractivity contribution in [2.45, 2.75) is 30.0 Å². The van der Waals surface area contributed by atoms with Crippen molar-refractivity contribution in [3.05, 3.63) is 29.6 Å². The third-order valence-corrected chi connectivity index (χ3v) is 6.92. The van der Waals surface area contributed by atoms with Crippen molar-refractivity contribution in [1.29, 1.82) is 0 Å². The lowest BCUT2D eigenvalue weighted by Crippen LogP contribution is -2.47. The van der Waals surface area contributed by atoms with Crippen LogP contribution in [0.1, 0.15) is 24.2 Å². The normalized spacial score (nSPS) is 24.0. The van der Waals surface area contributed by atoms with E-state index in [2.05, 4.69) is 0 Å². The minimum atomic E-state index is -3.83. The maximum absolute atomic E-state index is 13.4. The van der Waals surface area contributed by atoms with Gasteiger partial charge in [-0.15, -0.1) is 0 Å². The van der Waals surface area contributed by atoms with E-state index >= 15 is 0 Å². The monoisotopic (exact) mass is 333 g/mol. The van der Waals surface area contributed by atoms with E-state index in [1.807, 2.05) is 13.8 Å². The van der Waals surface area contributed by atoms with E-state index in [4.69, 9.17) is 5.11 Å². The molecule has 2 rings (SSSR count). The van der Waals surface area contributed by atoms with Crippen LogP contribution >= 0.6 is 11.8 Å². The van der Waals surface area contributed by atoms with Crippen LogP contribution in [0.5, 0.6) is 0 Å². The molecule has 1 aliphatic heterocycles. The van der Waals surface area contributed by atoms with Gasteiger partial charge in [-0.25, -0.2) is 17.6 Å². The van der Waals surface area contributed by atoms with Crippen LogP contribution in [0.3, 0.4) is 0 Å². The van der Waals surface area contributed by atoms with Crippen LogP contribution in [-0.4, -0.2) is 47.4 Å². The Bertz CT molecular complexity index is 662. The van der Waals surface area contributed by atoms with E-state index in [0.717, 1.165) is 18.2 Å². The fourth-order valence-electron chi connectivity index (χ4n) is 2.21. The Kier molecular flexibility index (Phi) is 4.60. The van der Waals surface area contributed by atoms with E-state index in [-0.39, 0.29) is 16.2 Å². The number of hydrogen-bond acceptors (Lipinski definition) is 4. The van der Waals surface area contributed by atoms with Crippen LogP contribution in [-0.2, 0) is 10.0 Å². The van der Waals surface area contributed by atoms with Crippen LogP contribution in [0, 0.1) is 5.82 Å². The first-order valence-electron chi connectivity index (χ1n) is 6.41. The number of carboxylic acid groups (broad SMARTS) is 1. The summed E-state index contributed by atoms with van der Waals surface area (Å²) in [5.41, 5.74) is -0.636. The van der Waals surface area contributed by atoms with Crippen molar-refractivity contribution < 1.29 is 22.7 Å². The van der Waals surface area contributed by atoms with Gasteiger partial charge in [0, 0.05) is 23.6 Å². The maximum atomic E-state index is 13.4. The number of aromatic carboxylic acids is 1. The standard InChI is InChI=1S/C13H16FNO4S2/c1-8-9(2)20-6-5-15(8)21(18,19)10-3-4-12(14)11(7-10)13(16)17/h3-4,7-9H,5-6H2,1-2H3,(H,16,17). The van der Waals surface area contributed by atoms with Gasteiger partial charge in [0.1, 0.15) is 5.82 Å². The van der Waals surface area contributed by atoms with E-state index in [1.165, 1.54) is 4.31 Å². The average molecular weight is 333 g/mol. The van der Waals surface area contributed by atoms with Crippen LogP contribution in [0.4, 0.5) is 4.39 Å². The predicted octanol–water partition coefficient (Wildman–Crippen LogP) is 2.04. The first-order valence-corrected chi connectivity index (χ1v) is 8.90. The molecule has 5 nitrogen and oxygen atoms in total. The summed E-state index contributed by atoms with van der Waals surface area (Å²) >= 11 is 1.69. The van der Waals surface area contributed by atoms with Crippen molar-refractivity contribution in [1.82, 2.24) is 4.31 Å².